The van der Waals surface area contributed by atoms with Crippen molar-refractivity contribution in [2.24, 2.45) is 5.92 Å². The molecule has 3 heterocycles. The minimum Gasteiger partial charge on any atom is -0.486 e. The normalized spacial score (nSPS) is 22.2. The van der Waals surface area contributed by atoms with E-state index in [-0.39, 0.29) is 11.8 Å². The summed E-state index contributed by atoms with van der Waals surface area (Å²) in [5.41, 5.74) is 1.35. The van der Waals surface area contributed by atoms with E-state index in [1.54, 1.807) is 23.1 Å². The van der Waals surface area contributed by atoms with E-state index < -0.39 is 6.10 Å². The van der Waals surface area contributed by atoms with E-state index in [0.717, 1.165) is 11.5 Å². The number of β-amino-alcohol motifs (C(OH)–C–C–N with tert-alkyl or cyclic N) is 1. The predicted molar refractivity (Wildman–Crippen MR) is 87.8 cm³/mol. The molecule has 25 heavy (non-hydrogen) atoms. The number of ether oxygens (including phenoxy) is 2. The van der Waals surface area contributed by atoms with Gasteiger partial charge in [0, 0.05) is 37.1 Å². The first-order valence-electron chi connectivity index (χ1n) is 8.39. The molecule has 7 nitrogen and oxygen atoms in total. The first kappa shape index (κ1) is 16.0. The number of carbonyl (C=O) groups excluding carboxylic acids is 1. The van der Waals surface area contributed by atoms with Crippen LogP contribution in [0.3, 0.4) is 0 Å². The summed E-state index contributed by atoms with van der Waals surface area (Å²) in [6.07, 6.45) is -0.0148. The van der Waals surface area contributed by atoms with Gasteiger partial charge in [-0.25, -0.2) is 0 Å². The van der Waals surface area contributed by atoms with Gasteiger partial charge in [0.05, 0.1) is 11.8 Å². The average Bonchev–Trinajstić information content (AvgIpc) is 3.20. The second-order valence-corrected chi connectivity index (χ2v) is 6.53. The van der Waals surface area contributed by atoms with Gasteiger partial charge in [0.1, 0.15) is 19.0 Å². The third-order valence-corrected chi connectivity index (χ3v) is 4.62. The molecule has 1 amide bonds. The zero-order valence-electron chi connectivity index (χ0n) is 14.0. The molecule has 1 N–H and O–H groups in total. The van der Waals surface area contributed by atoms with Crippen molar-refractivity contribution >= 4 is 5.91 Å². The van der Waals surface area contributed by atoms with Gasteiger partial charge in [-0.15, -0.1) is 0 Å². The highest BCUT2D eigenvalue weighted by Gasteiger charge is 2.35. The van der Waals surface area contributed by atoms with E-state index in [1.165, 1.54) is 0 Å². The Labute approximate surface area is 145 Å². The van der Waals surface area contributed by atoms with Gasteiger partial charge in [-0.05, 0) is 25.1 Å². The molecule has 4 rings (SSSR count). The number of aliphatic hydroxyl groups excluding tert-OH is 1. The molecule has 1 saturated heterocycles. The Hall–Kier alpha value is -2.54. The fraction of sp³-hybridized carbons (Fsp3) is 0.444. The monoisotopic (exact) mass is 344 g/mol. The molecule has 2 aromatic rings. The number of likely N-dealkylation sites (tertiary alicyclic amines) is 1. The number of aromatic nitrogens is 1. The lowest BCUT2D eigenvalue weighted by atomic mass is 10.0. The van der Waals surface area contributed by atoms with Crippen LogP contribution in [0.25, 0.3) is 0 Å². The molecule has 0 unspecified atom stereocenters. The number of rotatable bonds is 3. The maximum atomic E-state index is 12.8. The maximum absolute atomic E-state index is 12.8. The Kier molecular flexibility index (Phi) is 4.09. The first-order valence-corrected chi connectivity index (χ1v) is 8.39. The van der Waals surface area contributed by atoms with Crippen LogP contribution in [0.2, 0.25) is 0 Å². The summed E-state index contributed by atoms with van der Waals surface area (Å²) in [5, 5.41) is 14.2. The number of hydrogen-bond acceptors (Lipinski definition) is 6. The highest BCUT2D eigenvalue weighted by Crippen LogP contribution is 2.32. The van der Waals surface area contributed by atoms with Crippen LogP contribution in [0.5, 0.6) is 11.5 Å². The molecule has 0 saturated carbocycles. The fourth-order valence-corrected chi connectivity index (χ4v) is 3.35. The van der Waals surface area contributed by atoms with Gasteiger partial charge in [0.2, 0.25) is 0 Å². The van der Waals surface area contributed by atoms with Gasteiger partial charge in [-0.1, -0.05) is 5.16 Å². The molecule has 0 radical (unpaired) electrons. The lowest BCUT2D eigenvalue weighted by Gasteiger charge is -2.20. The number of benzene rings is 1. The molecule has 1 aromatic heterocycles. The molecule has 2 atom stereocenters. The van der Waals surface area contributed by atoms with Gasteiger partial charge < -0.3 is 24.0 Å². The Morgan fingerprint density at radius 2 is 2.04 bits per heavy atom. The molecular formula is C18H20N2O5. The Morgan fingerprint density at radius 3 is 2.80 bits per heavy atom. The molecule has 2 aliphatic heterocycles. The minimum absolute atomic E-state index is 0.0616. The quantitative estimate of drug-likeness (QED) is 0.907. The maximum Gasteiger partial charge on any atom is 0.254 e. The standard InChI is InChI=1S/C18H20N2O5/c1-11-6-14(25-19-11)7-13-9-20(10-15(13)21)18(22)12-2-3-16-17(8-12)24-5-4-23-16/h2-3,6,8,13,15,21H,4-5,7,9-10H2,1H3/t13-,15-/m1/s1. The van der Waals surface area contributed by atoms with E-state index in [9.17, 15) is 9.90 Å². The third-order valence-electron chi connectivity index (χ3n) is 4.62. The third kappa shape index (κ3) is 3.19. The Bertz CT molecular complexity index is 788. The summed E-state index contributed by atoms with van der Waals surface area (Å²) in [4.78, 5) is 14.4. The molecule has 1 fully saturated rings. The number of aliphatic hydroxyl groups is 1. The molecule has 0 aliphatic carbocycles. The Morgan fingerprint density at radius 1 is 1.24 bits per heavy atom. The minimum atomic E-state index is -0.577. The summed E-state index contributed by atoms with van der Waals surface area (Å²) in [6, 6.07) is 7.05. The highest BCUT2D eigenvalue weighted by atomic mass is 16.6. The first-order chi connectivity index (χ1) is 12.1. The summed E-state index contributed by atoms with van der Waals surface area (Å²) >= 11 is 0. The van der Waals surface area contributed by atoms with Gasteiger partial charge in [0.15, 0.2) is 11.5 Å². The smallest absolute Gasteiger partial charge is 0.254 e. The van der Waals surface area contributed by atoms with Crippen LogP contribution in [0.4, 0.5) is 0 Å². The molecule has 1 aromatic carbocycles. The zero-order chi connectivity index (χ0) is 17.4. The van der Waals surface area contributed by atoms with Crippen LogP contribution in [-0.4, -0.2) is 53.5 Å². The van der Waals surface area contributed by atoms with Crippen LogP contribution in [0.1, 0.15) is 21.8 Å². The van der Waals surface area contributed by atoms with Crippen molar-refractivity contribution in [3.05, 3.63) is 41.3 Å². The largest absolute Gasteiger partial charge is 0.486 e. The molecule has 0 spiro atoms. The molecule has 132 valence electrons. The van der Waals surface area contributed by atoms with Crippen LogP contribution >= 0.6 is 0 Å². The van der Waals surface area contributed by atoms with Crippen molar-refractivity contribution in [3.8, 4) is 11.5 Å². The SMILES string of the molecule is Cc1cc(C[C@@H]2CN(C(=O)c3ccc4c(c3)OCCO4)C[C@H]2O)on1. The van der Waals surface area contributed by atoms with Gasteiger partial charge in [-0.2, -0.15) is 0 Å². The fourth-order valence-electron chi connectivity index (χ4n) is 3.35. The van der Waals surface area contributed by atoms with E-state index in [4.69, 9.17) is 14.0 Å². The van der Waals surface area contributed by atoms with Crippen molar-refractivity contribution in [3.63, 3.8) is 0 Å². The second kappa shape index (κ2) is 6.40. The number of fused-ring (bicyclic) bond motifs is 1. The topological polar surface area (TPSA) is 85.0 Å². The van der Waals surface area contributed by atoms with Crippen molar-refractivity contribution in [1.29, 1.82) is 0 Å². The van der Waals surface area contributed by atoms with Crippen molar-refractivity contribution in [1.82, 2.24) is 10.1 Å². The van der Waals surface area contributed by atoms with Gasteiger partial charge in [-0.3, -0.25) is 4.79 Å². The molecule has 2 aliphatic rings. The average molecular weight is 344 g/mol. The number of hydrogen-bond donors (Lipinski definition) is 1. The van der Waals surface area contributed by atoms with Crippen molar-refractivity contribution in [2.45, 2.75) is 19.4 Å². The predicted octanol–water partition coefficient (Wildman–Crippen LogP) is 1.43. The van der Waals surface area contributed by atoms with Gasteiger partial charge in [0.25, 0.3) is 5.91 Å². The molecule has 0 bridgehead atoms. The summed E-state index contributed by atoms with van der Waals surface area (Å²) < 4.78 is 16.2. The summed E-state index contributed by atoms with van der Waals surface area (Å²) in [7, 11) is 0. The summed E-state index contributed by atoms with van der Waals surface area (Å²) in [5.74, 6) is 1.80. The van der Waals surface area contributed by atoms with E-state index in [1.807, 2.05) is 13.0 Å². The number of nitrogens with zero attached hydrogens (tertiary/aromatic N) is 2. The highest BCUT2D eigenvalue weighted by molar-refractivity contribution is 5.95. The van der Waals surface area contributed by atoms with Crippen molar-refractivity contribution < 1.29 is 23.9 Å². The van der Waals surface area contributed by atoms with E-state index >= 15 is 0 Å². The molecular weight excluding hydrogens is 324 g/mol. The lowest BCUT2D eigenvalue weighted by molar-refractivity contribution is 0.0763. The number of carbonyl (C=O) groups is 1. The Balaban J connectivity index is 1.46. The molecule has 7 heteroatoms. The van der Waals surface area contributed by atoms with Crippen LogP contribution in [-0.2, 0) is 6.42 Å². The van der Waals surface area contributed by atoms with Crippen LogP contribution in [0, 0.1) is 12.8 Å². The zero-order valence-corrected chi connectivity index (χ0v) is 14.0. The van der Waals surface area contributed by atoms with Crippen LogP contribution in [0.15, 0.2) is 28.8 Å². The second-order valence-electron chi connectivity index (χ2n) is 6.53. The number of aryl methyl sites for hydroxylation is 1. The number of amides is 1. The van der Waals surface area contributed by atoms with Crippen LogP contribution < -0.4 is 9.47 Å². The lowest BCUT2D eigenvalue weighted by Crippen LogP contribution is -2.29. The van der Waals surface area contributed by atoms with E-state index in [2.05, 4.69) is 5.16 Å². The van der Waals surface area contributed by atoms with Gasteiger partial charge >= 0.3 is 0 Å². The van der Waals surface area contributed by atoms with Crippen molar-refractivity contribution in [2.75, 3.05) is 26.3 Å². The summed E-state index contributed by atoms with van der Waals surface area (Å²) in [6.45, 7) is 3.64. The van der Waals surface area contributed by atoms with E-state index in [0.29, 0.717) is 49.8 Å².